The summed E-state index contributed by atoms with van der Waals surface area (Å²) in [5.74, 6) is -0.111. The predicted molar refractivity (Wildman–Crippen MR) is 80.9 cm³/mol. The minimum absolute atomic E-state index is 0.0544. The van der Waals surface area contributed by atoms with Crippen LogP contribution in [0.4, 0.5) is 11.5 Å². The molecular weight excluding hydrogens is 322 g/mol. The Bertz CT molecular complexity index is 839. The molecule has 1 aliphatic heterocycles. The number of aromatic nitrogens is 3. The molecule has 1 fully saturated rings. The number of fused-ring (bicyclic) bond motifs is 1. The molecule has 2 aromatic rings. The summed E-state index contributed by atoms with van der Waals surface area (Å²) in [5, 5.41) is 31.5. The molecule has 3 rings (SSSR count). The first-order valence-electron chi connectivity index (χ1n) is 6.97. The molecule has 0 radical (unpaired) electrons. The van der Waals surface area contributed by atoms with Crippen molar-refractivity contribution < 1.29 is 24.9 Å². The van der Waals surface area contributed by atoms with E-state index in [1.54, 1.807) is 0 Å². The third-order valence-electron chi connectivity index (χ3n) is 3.85. The van der Waals surface area contributed by atoms with E-state index in [-0.39, 0.29) is 22.5 Å². The number of rotatable bonds is 4. The molecule has 1 aliphatic rings. The van der Waals surface area contributed by atoms with E-state index in [0.29, 0.717) is 6.41 Å². The summed E-state index contributed by atoms with van der Waals surface area (Å²) >= 11 is 0. The van der Waals surface area contributed by atoms with Gasteiger partial charge in [-0.15, -0.1) is 0 Å². The Morgan fingerprint density at radius 1 is 1.38 bits per heavy atom. The molecule has 0 unspecified atom stereocenters. The average molecular weight is 337 g/mol. The molecule has 1 amide bonds. The van der Waals surface area contributed by atoms with E-state index in [9.17, 15) is 24.9 Å². The van der Waals surface area contributed by atoms with Crippen LogP contribution in [-0.4, -0.2) is 61.2 Å². The molecule has 128 valence electrons. The molecule has 3 heterocycles. The van der Waals surface area contributed by atoms with Gasteiger partial charge in [-0.3, -0.25) is 9.59 Å². The summed E-state index contributed by atoms with van der Waals surface area (Å²) in [6, 6.07) is 0. The second-order valence-electron chi connectivity index (χ2n) is 5.23. The first-order chi connectivity index (χ1) is 11.5. The van der Waals surface area contributed by atoms with Crippen molar-refractivity contribution in [2.45, 2.75) is 24.5 Å². The lowest BCUT2D eigenvalue weighted by molar-refractivity contribution is -0.105. The fourth-order valence-corrected chi connectivity index (χ4v) is 2.67. The van der Waals surface area contributed by atoms with Gasteiger partial charge in [0, 0.05) is 6.20 Å². The molecule has 0 aromatic carbocycles. The first-order valence-corrected chi connectivity index (χ1v) is 6.97. The molecule has 6 N–H and O–H groups in total. The molecule has 0 saturated carbocycles. The van der Waals surface area contributed by atoms with Crippen LogP contribution in [0, 0.1) is 0 Å². The summed E-state index contributed by atoms with van der Waals surface area (Å²) in [7, 11) is 0. The first kappa shape index (κ1) is 16.3. The Morgan fingerprint density at radius 3 is 2.75 bits per heavy atom. The van der Waals surface area contributed by atoms with E-state index < -0.39 is 36.6 Å². The van der Waals surface area contributed by atoms with E-state index in [4.69, 9.17) is 10.5 Å². The SMILES string of the molecule is Nc1ncnc2c1c(=O)c(NC=O)cn2[C@@H]1O[C@H](CO)[C@@H](O)[C@H]1O. The number of nitrogens with one attached hydrogen (secondary N) is 1. The van der Waals surface area contributed by atoms with Crippen LogP contribution in [0.2, 0.25) is 0 Å². The van der Waals surface area contributed by atoms with Crippen LogP contribution in [-0.2, 0) is 9.53 Å². The maximum Gasteiger partial charge on any atom is 0.218 e. The van der Waals surface area contributed by atoms with Gasteiger partial charge < -0.3 is 35.7 Å². The topological polar surface area (TPSA) is 173 Å². The summed E-state index contributed by atoms with van der Waals surface area (Å²) in [4.78, 5) is 30.8. The second-order valence-corrected chi connectivity index (χ2v) is 5.23. The van der Waals surface area contributed by atoms with Gasteiger partial charge in [-0.1, -0.05) is 0 Å². The van der Waals surface area contributed by atoms with Crippen molar-refractivity contribution in [3.63, 3.8) is 0 Å². The van der Waals surface area contributed by atoms with Crippen molar-refractivity contribution in [1.82, 2.24) is 14.5 Å². The Labute approximate surface area is 134 Å². The van der Waals surface area contributed by atoms with Crippen LogP contribution in [0.15, 0.2) is 17.3 Å². The van der Waals surface area contributed by atoms with Gasteiger partial charge in [0.1, 0.15) is 41.5 Å². The monoisotopic (exact) mass is 337 g/mol. The summed E-state index contributed by atoms with van der Waals surface area (Å²) in [6.07, 6.45) is -2.25. The number of pyridine rings is 1. The van der Waals surface area contributed by atoms with Crippen LogP contribution < -0.4 is 16.5 Å². The Morgan fingerprint density at radius 2 is 2.12 bits per heavy atom. The number of carbonyl (C=O) groups is 1. The van der Waals surface area contributed by atoms with Gasteiger partial charge in [0.2, 0.25) is 11.8 Å². The fraction of sp³-hybridized carbons (Fsp3) is 0.385. The molecule has 0 aliphatic carbocycles. The fourth-order valence-electron chi connectivity index (χ4n) is 2.67. The second kappa shape index (κ2) is 6.13. The number of aliphatic hydroxyl groups is 3. The van der Waals surface area contributed by atoms with Crippen molar-refractivity contribution in [3.8, 4) is 0 Å². The summed E-state index contributed by atoms with van der Waals surface area (Å²) in [6.45, 7) is -0.510. The number of ether oxygens (including phenoxy) is 1. The maximum atomic E-state index is 12.4. The van der Waals surface area contributed by atoms with Crippen LogP contribution in [0.25, 0.3) is 11.0 Å². The lowest BCUT2D eigenvalue weighted by Crippen LogP contribution is -2.33. The Hall–Kier alpha value is -2.60. The Balaban J connectivity index is 2.24. The zero-order valence-corrected chi connectivity index (χ0v) is 12.2. The molecular formula is C13H15N5O6. The number of anilines is 2. The third kappa shape index (κ3) is 2.39. The summed E-state index contributed by atoms with van der Waals surface area (Å²) in [5.41, 5.74) is 5.06. The average Bonchev–Trinajstić information content (AvgIpc) is 2.85. The highest BCUT2D eigenvalue weighted by atomic mass is 16.6. The van der Waals surface area contributed by atoms with E-state index in [0.717, 1.165) is 6.33 Å². The zero-order valence-electron chi connectivity index (χ0n) is 12.2. The normalized spacial score (nSPS) is 26.6. The minimum atomic E-state index is -1.40. The number of amides is 1. The zero-order chi connectivity index (χ0) is 17.4. The lowest BCUT2D eigenvalue weighted by atomic mass is 10.1. The third-order valence-corrected chi connectivity index (χ3v) is 3.85. The molecule has 2 aromatic heterocycles. The largest absolute Gasteiger partial charge is 0.394 e. The van der Waals surface area contributed by atoms with Crippen molar-refractivity contribution in [2.24, 2.45) is 0 Å². The number of nitrogen functional groups attached to an aromatic ring is 1. The van der Waals surface area contributed by atoms with E-state index in [1.165, 1.54) is 10.8 Å². The number of carbonyl (C=O) groups excluding carboxylic acids is 1. The maximum absolute atomic E-state index is 12.4. The van der Waals surface area contributed by atoms with Crippen LogP contribution in [0.5, 0.6) is 0 Å². The van der Waals surface area contributed by atoms with Gasteiger partial charge in [-0.05, 0) is 0 Å². The van der Waals surface area contributed by atoms with Gasteiger partial charge in [0.15, 0.2) is 11.9 Å². The van der Waals surface area contributed by atoms with Crippen molar-refractivity contribution >= 4 is 28.9 Å². The van der Waals surface area contributed by atoms with Crippen molar-refractivity contribution in [2.75, 3.05) is 17.7 Å². The predicted octanol–water partition coefficient (Wildman–Crippen LogP) is -2.45. The van der Waals surface area contributed by atoms with Gasteiger partial charge in [-0.25, -0.2) is 9.97 Å². The highest BCUT2D eigenvalue weighted by Crippen LogP contribution is 2.32. The molecule has 24 heavy (non-hydrogen) atoms. The smallest absolute Gasteiger partial charge is 0.218 e. The van der Waals surface area contributed by atoms with Gasteiger partial charge >= 0.3 is 0 Å². The van der Waals surface area contributed by atoms with E-state index in [1.807, 2.05) is 0 Å². The van der Waals surface area contributed by atoms with Gasteiger partial charge in [0.05, 0.1) is 6.61 Å². The van der Waals surface area contributed by atoms with Crippen molar-refractivity contribution in [3.05, 3.63) is 22.7 Å². The quantitative estimate of drug-likeness (QED) is 0.380. The van der Waals surface area contributed by atoms with Crippen LogP contribution in [0.1, 0.15) is 6.23 Å². The van der Waals surface area contributed by atoms with Crippen LogP contribution in [0.3, 0.4) is 0 Å². The molecule has 0 spiro atoms. The number of nitrogens with two attached hydrogens (primary N) is 1. The highest BCUT2D eigenvalue weighted by Gasteiger charge is 2.43. The lowest BCUT2D eigenvalue weighted by Gasteiger charge is -2.21. The molecule has 1 saturated heterocycles. The minimum Gasteiger partial charge on any atom is -0.394 e. The number of hydrogen-bond acceptors (Lipinski definition) is 9. The highest BCUT2D eigenvalue weighted by molar-refractivity contribution is 5.89. The number of nitrogens with zero attached hydrogens (tertiary/aromatic N) is 3. The molecule has 4 atom stereocenters. The molecule has 0 bridgehead atoms. The molecule has 11 nitrogen and oxygen atoms in total. The van der Waals surface area contributed by atoms with Crippen molar-refractivity contribution in [1.29, 1.82) is 0 Å². The van der Waals surface area contributed by atoms with E-state index >= 15 is 0 Å². The standard InChI is InChI=1S/C13H15N5O6/c14-11-7-8(21)5(17-4-20)1-18(12(7)16-3-15-11)13-10(23)9(22)6(2-19)24-13/h1,3-4,6,9-10,13,19,22-23H,2H2,(H,17,20)(H2,14,15,16)/t6-,9-,10-,13-/m1/s1. The number of aliphatic hydroxyl groups excluding tert-OH is 3. The van der Waals surface area contributed by atoms with E-state index in [2.05, 4.69) is 15.3 Å². The van der Waals surface area contributed by atoms with Gasteiger partial charge in [0.25, 0.3) is 0 Å². The van der Waals surface area contributed by atoms with Crippen LogP contribution >= 0.6 is 0 Å². The summed E-state index contributed by atoms with van der Waals surface area (Å²) < 4.78 is 6.69. The van der Waals surface area contributed by atoms with Gasteiger partial charge in [-0.2, -0.15) is 0 Å². The number of hydrogen-bond donors (Lipinski definition) is 5. The molecule has 11 heteroatoms. The Kier molecular flexibility index (Phi) is 4.15.